The third-order valence-electron chi connectivity index (χ3n) is 3.77. The minimum absolute atomic E-state index is 0.000744. The van der Waals surface area contributed by atoms with Crippen LogP contribution >= 0.6 is 0 Å². The summed E-state index contributed by atoms with van der Waals surface area (Å²) in [6, 6.07) is 5.48. The molecule has 1 N–H and O–H groups in total. The summed E-state index contributed by atoms with van der Waals surface area (Å²) in [5, 5.41) is 2.78. The van der Waals surface area contributed by atoms with Gasteiger partial charge in [0.1, 0.15) is 0 Å². The van der Waals surface area contributed by atoms with Gasteiger partial charge in [0.15, 0.2) is 0 Å². The second-order valence-electron chi connectivity index (χ2n) is 5.19. The van der Waals surface area contributed by atoms with Crippen LogP contribution in [-0.4, -0.2) is 54.8 Å². The van der Waals surface area contributed by atoms with Crippen molar-refractivity contribution in [2.45, 2.75) is 6.42 Å². The van der Waals surface area contributed by atoms with Gasteiger partial charge in [-0.2, -0.15) is 0 Å². The zero-order chi connectivity index (χ0) is 13.4. The number of benzene rings is 1. The number of piperazine rings is 1. The van der Waals surface area contributed by atoms with E-state index in [0.717, 1.165) is 37.4 Å². The van der Waals surface area contributed by atoms with Crippen molar-refractivity contribution < 1.29 is 9.59 Å². The molecule has 2 heterocycles. The minimum atomic E-state index is -0.000744. The van der Waals surface area contributed by atoms with Crippen molar-refractivity contribution in [3.05, 3.63) is 29.3 Å². The van der Waals surface area contributed by atoms with E-state index in [-0.39, 0.29) is 11.8 Å². The molecule has 2 aliphatic heterocycles. The second kappa shape index (κ2) is 4.66. The molecular formula is C14H17N3O2. The summed E-state index contributed by atoms with van der Waals surface area (Å²) in [5.74, 6) is 0.0521. The van der Waals surface area contributed by atoms with E-state index < -0.39 is 0 Å². The monoisotopic (exact) mass is 259 g/mol. The predicted octanol–water partition coefficient (Wildman–Crippen LogP) is 0.569. The Labute approximate surface area is 112 Å². The van der Waals surface area contributed by atoms with Crippen LogP contribution < -0.4 is 5.32 Å². The molecule has 0 radical (unpaired) electrons. The molecule has 2 aliphatic rings. The largest absolute Gasteiger partial charge is 0.336 e. The van der Waals surface area contributed by atoms with Crippen LogP contribution in [0.2, 0.25) is 0 Å². The Hall–Kier alpha value is -1.88. The van der Waals surface area contributed by atoms with Crippen molar-refractivity contribution in [2.24, 2.45) is 0 Å². The summed E-state index contributed by atoms with van der Waals surface area (Å²) in [5.41, 5.74) is 2.41. The SMILES string of the molecule is CN1CCN(C(=O)c2ccc3c(c2)NC(=O)C3)CC1. The fraction of sp³-hybridized carbons (Fsp3) is 0.429. The molecule has 3 rings (SSSR count). The molecule has 5 heteroatoms. The summed E-state index contributed by atoms with van der Waals surface area (Å²) in [6.45, 7) is 3.35. The van der Waals surface area contributed by atoms with Gasteiger partial charge in [0.05, 0.1) is 6.42 Å². The van der Waals surface area contributed by atoms with Crippen LogP contribution in [0.5, 0.6) is 0 Å². The van der Waals surface area contributed by atoms with Gasteiger partial charge in [0.2, 0.25) is 5.91 Å². The smallest absolute Gasteiger partial charge is 0.254 e. The lowest BCUT2D eigenvalue weighted by Crippen LogP contribution is -2.47. The molecule has 1 saturated heterocycles. The topological polar surface area (TPSA) is 52.6 Å². The van der Waals surface area contributed by atoms with E-state index in [1.54, 1.807) is 6.07 Å². The van der Waals surface area contributed by atoms with Crippen molar-refractivity contribution in [1.82, 2.24) is 9.80 Å². The summed E-state index contributed by atoms with van der Waals surface area (Å²) in [6.07, 6.45) is 0.415. The predicted molar refractivity (Wildman–Crippen MR) is 72.2 cm³/mol. The fourth-order valence-electron chi connectivity index (χ4n) is 2.54. The number of likely N-dealkylation sites (N-methyl/N-ethyl adjacent to an activating group) is 1. The molecule has 1 aromatic carbocycles. The van der Waals surface area contributed by atoms with Gasteiger partial charge >= 0.3 is 0 Å². The molecule has 5 nitrogen and oxygen atoms in total. The first-order chi connectivity index (χ1) is 9.13. The van der Waals surface area contributed by atoms with Crippen LogP contribution in [0.25, 0.3) is 0 Å². The Morgan fingerprint density at radius 1 is 1.21 bits per heavy atom. The first-order valence-electron chi connectivity index (χ1n) is 6.54. The Kier molecular flexibility index (Phi) is 2.98. The normalized spacial score (nSPS) is 19.2. The number of hydrogen-bond donors (Lipinski definition) is 1. The maximum atomic E-state index is 12.4. The highest BCUT2D eigenvalue weighted by Gasteiger charge is 2.23. The van der Waals surface area contributed by atoms with E-state index in [1.807, 2.05) is 17.0 Å². The van der Waals surface area contributed by atoms with Crippen LogP contribution in [0.4, 0.5) is 5.69 Å². The Morgan fingerprint density at radius 3 is 2.68 bits per heavy atom. The van der Waals surface area contributed by atoms with Crippen LogP contribution in [0.15, 0.2) is 18.2 Å². The molecular weight excluding hydrogens is 242 g/mol. The molecule has 0 aliphatic carbocycles. The van der Waals surface area contributed by atoms with Crippen LogP contribution in [0.1, 0.15) is 15.9 Å². The van der Waals surface area contributed by atoms with E-state index in [2.05, 4.69) is 17.3 Å². The van der Waals surface area contributed by atoms with Crippen molar-refractivity contribution >= 4 is 17.5 Å². The molecule has 0 spiro atoms. The Bertz CT molecular complexity index is 533. The number of anilines is 1. The average Bonchev–Trinajstić information content (AvgIpc) is 2.77. The number of fused-ring (bicyclic) bond motifs is 1. The highest BCUT2D eigenvalue weighted by Crippen LogP contribution is 2.24. The molecule has 1 fully saturated rings. The number of nitrogens with one attached hydrogen (secondary N) is 1. The molecule has 0 bridgehead atoms. The van der Waals surface area contributed by atoms with Gasteiger partial charge in [0, 0.05) is 37.4 Å². The van der Waals surface area contributed by atoms with Crippen LogP contribution in [-0.2, 0) is 11.2 Å². The number of carbonyl (C=O) groups excluding carboxylic acids is 2. The van der Waals surface area contributed by atoms with E-state index in [1.165, 1.54) is 0 Å². The zero-order valence-corrected chi connectivity index (χ0v) is 11.0. The molecule has 0 atom stereocenters. The molecule has 0 saturated carbocycles. The third kappa shape index (κ3) is 2.33. The van der Waals surface area contributed by atoms with Crippen molar-refractivity contribution in [3.8, 4) is 0 Å². The van der Waals surface area contributed by atoms with Crippen molar-refractivity contribution in [2.75, 3.05) is 38.5 Å². The Morgan fingerprint density at radius 2 is 1.95 bits per heavy atom. The van der Waals surface area contributed by atoms with E-state index in [0.29, 0.717) is 12.0 Å². The zero-order valence-electron chi connectivity index (χ0n) is 11.0. The highest BCUT2D eigenvalue weighted by atomic mass is 16.2. The van der Waals surface area contributed by atoms with Gasteiger partial charge in [-0.1, -0.05) is 6.07 Å². The molecule has 19 heavy (non-hydrogen) atoms. The number of nitrogens with zero attached hydrogens (tertiary/aromatic N) is 2. The van der Waals surface area contributed by atoms with Gasteiger partial charge in [-0.3, -0.25) is 9.59 Å². The Balaban J connectivity index is 1.77. The fourth-order valence-corrected chi connectivity index (χ4v) is 2.54. The van der Waals surface area contributed by atoms with E-state index in [4.69, 9.17) is 0 Å². The number of rotatable bonds is 1. The minimum Gasteiger partial charge on any atom is -0.336 e. The third-order valence-corrected chi connectivity index (χ3v) is 3.77. The quantitative estimate of drug-likeness (QED) is 0.802. The van der Waals surface area contributed by atoms with Gasteiger partial charge in [-0.15, -0.1) is 0 Å². The summed E-state index contributed by atoms with van der Waals surface area (Å²) in [7, 11) is 2.06. The molecule has 2 amide bonds. The molecule has 0 aromatic heterocycles. The van der Waals surface area contributed by atoms with E-state index >= 15 is 0 Å². The number of hydrogen-bond acceptors (Lipinski definition) is 3. The van der Waals surface area contributed by atoms with Gasteiger partial charge in [-0.05, 0) is 24.7 Å². The molecule has 100 valence electrons. The first-order valence-corrected chi connectivity index (χ1v) is 6.54. The lowest BCUT2D eigenvalue weighted by atomic mass is 10.1. The molecule has 1 aromatic rings. The lowest BCUT2D eigenvalue weighted by molar-refractivity contribution is -0.115. The summed E-state index contributed by atoms with van der Waals surface area (Å²) in [4.78, 5) is 27.8. The number of carbonyl (C=O) groups is 2. The second-order valence-corrected chi connectivity index (χ2v) is 5.19. The average molecular weight is 259 g/mol. The van der Waals surface area contributed by atoms with Crippen LogP contribution in [0.3, 0.4) is 0 Å². The van der Waals surface area contributed by atoms with Crippen molar-refractivity contribution in [1.29, 1.82) is 0 Å². The number of amides is 2. The van der Waals surface area contributed by atoms with Gasteiger partial charge in [-0.25, -0.2) is 0 Å². The maximum Gasteiger partial charge on any atom is 0.254 e. The highest BCUT2D eigenvalue weighted by molar-refractivity contribution is 6.02. The first kappa shape index (κ1) is 12.2. The summed E-state index contributed by atoms with van der Waals surface area (Å²) >= 11 is 0. The van der Waals surface area contributed by atoms with Gasteiger partial charge in [0.25, 0.3) is 5.91 Å². The maximum absolute atomic E-state index is 12.4. The van der Waals surface area contributed by atoms with Gasteiger partial charge < -0.3 is 15.1 Å². The summed E-state index contributed by atoms with van der Waals surface area (Å²) < 4.78 is 0. The molecule has 0 unspecified atom stereocenters. The lowest BCUT2D eigenvalue weighted by Gasteiger charge is -2.32. The standard InChI is InChI=1S/C14H17N3O2/c1-16-4-6-17(7-5-16)14(19)11-3-2-10-9-13(18)15-12(10)8-11/h2-3,8H,4-7,9H2,1H3,(H,15,18). The van der Waals surface area contributed by atoms with Crippen LogP contribution in [0, 0.1) is 0 Å². The van der Waals surface area contributed by atoms with Crippen molar-refractivity contribution in [3.63, 3.8) is 0 Å². The van der Waals surface area contributed by atoms with E-state index in [9.17, 15) is 9.59 Å².